The van der Waals surface area contributed by atoms with Crippen LogP contribution >= 0.6 is 23.8 Å². The minimum atomic E-state index is -0.288. The van der Waals surface area contributed by atoms with E-state index in [0.717, 1.165) is 11.2 Å². The summed E-state index contributed by atoms with van der Waals surface area (Å²) in [5.74, 6) is 0. The van der Waals surface area contributed by atoms with Gasteiger partial charge in [0.05, 0.1) is 22.7 Å². The summed E-state index contributed by atoms with van der Waals surface area (Å²) in [6, 6.07) is 1.82. The molecule has 0 aliphatic carbocycles. The zero-order valence-electron chi connectivity index (χ0n) is 10.7. The molecule has 0 atom stereocenters. The number of rotatable bonds is 4. The number of hydrogen-bond donors (Lipinski definition) is 1. The third kappa shape index (κ3) is 2.74. The molecule has 6 heteroatoms. The Hall–Kier alpha value is -0.910. The zero-order chi connectivity index (χ0) is 13.3. The molecular formula is C12H16ClN3OS. The monoisotopic (exact) mass is 285 g/mol. The van der Waals surface area contributed by atoms with Gasteiger partial charge in [-0.05, 0) is 39.1 Å². The van der Waals surface area contributed by atoms with Crippen LogP contribution in [0.5, 0.6) is 0 Å². The number of fused-ring (bicyclic) bond motifs is 1. The first kappa shape index (κ1) is 13.5. The van der Waals surface area contributed by atoms with Crippen LogP contribution in [0.25, 0.3) is 11.2 Å². The fourth-order valence-corrected chi connectivity index (χ4v) is 2.40. The molecule has 2 heterocycles. The SMILES string of the molecule is CCOC(C)(C)Cn1c(=S)[nH]c2cc(Cl)cnc21. The molecule has 0 unspecified atom stereocenters. The van der Waals surface area contributed by atoms with E-state index >= 15 is 0 Å². The minimum absolute atomic E-state index is 0.288. The van der Waals surface area contributed by atoms with Crippen LogP contribution in [0.2, 0.25) is 5.02 Å². The van der Waals surface area contributed by atoms with Gasteiger partial charge in [-0.2, -0.15) is 0 Å². The van der Waals surface area contributed by atoms with E-state index in [1.807, 2.05) is 31.4 Å². The third-order valence-corrected chi connectivity index (χ3v) is 3.18. The number of aromatic nitrogens is 3. The van der Waals surface area contributed by atoms with Crippen LogP contribution in [0, 0.1) is 4.77 Å². The van der Waals surface area contributed by atoms with E-state index in [-0.39, 0.29) is 5.60 Å². The average Bonchev–Trinajstić information content (AvgIpc) is 2.54. The summed E-state index contributed by atoms with van der Waals surface area (Å²) in [5, 5.41) is 0.593. The van der Waals surface area contributed by atoms with Crippen molar-refractivity contribution in [1.82, 2.24) is 14.5 Å². The summed E-state index contributed by atoms with van der Waals surface area (Å²) in [4.78, 5) is 7.43. The number of imidazole rings is 1. The van der Waals surface area contributed by atoms with Crippen molar-refractivity contribution in [2.75, 3.05) is 6.61 Å². The second-order valence-corrected chi connectivity index (χ2v) is 5.56. The van der Waals surface area contributed by atoms with Crippen molar-refractivity contribution >= 4 is 35.0 Å². The zero-order valence-corrected chi connectivity index (χ0v) is 12.2. The molecule has 0 amide bonds. The van der Waals surface area contributed by atoms with E-state index in [9.17, 15) is 0 Å². The smallest absolute Gasteiger partial charge is 0.179 e. The predicted octanol–water partition coefficient (Wildman–Crippen LogP) is 3.56. The number of nitrogens with zero attached hydrogens (tertiary/aromatic N) is 2. The van der Waals surface area contributed by atoms with Crippen molar-refractivity contribution in [3.63, 3.8) is 0 Å². The number of H-pyrrole nitrogens is 1. The Balaban J connectivity index is 2.45. The molecule has 4 nitrogen and oxygen atoms in total. The maximum atomic E-state index is 5.91. The van der Waals surface area contributed by atoms with Gasteiger partial charge in [0.15, 0.2) is 10.4 Å². The Bertz CT molecular complexity index is 617. The van der Waals surface area contributed by atoms with Gasteiger partial charge in [-0.15, -0.1) is 0 Å². The van der Waals surface area contributed by atoms with Crippen LogP contribution in [-0.2, 0) is 11.3 Å². The van der Waals surface area contributed by atoms with Gasteiger partial charge in [-0.3, -0.25) is 4.57 Å². The third-order valence-electron chi connectivity index (χ3n) is 2.65. The molecule has 0 bridgehead atoms. The van der Waals surface area contributed by atoms with E-state index < -0.39 is 0 Å². The Kier molecular flexibility index (Phi) is 3.75. The molecule has 0 fully saturated rings. The van der Waals surface area contributed by atoms with Gasteiger partial charge in [-0.1, -0.05) is 11.6 Å². The molecule has 0 saturated carbocycles. The highest BCUT2D eigenvalue weighted by molar-refractivity contribution is 7.71. The Labute approximate surface area is 116 Å². The van der Waals surface area contributed by atoms with Crippen LogP contribution in [0.15, 0.2) is 12.3 Å². The summed E-state index contributed by atoms with van der Waals surface area (Å²) < 4.78 is 8.27. The van der Waals surface area contributed by atoms with Gasteiger partial charge in [0.25, 0.3) is 0 Å². The molecule has 0 aromatic carbocycles. The Morgan fingerprint density at radius 3 is 2.94 bits per heavy atom. The molecule has 18 heavy (non-hydrogen) atoms. The van der Waals surface area contributed by atoms with Crippen molar-refractivity contribution in [3.05, 3.63) is 22.1 Å². The summed E-state index contributed by atoms with van der Waals surface area (Å²) in [6.07, 6.45) is 1.62. The number of nitrogens with one attached hydrogen (secondary N) is 1. The molecule has 1 N–H and O–H groups in total. The molecule has 0 aliphatic rings. The molecule has 0 spiro atoms. The van der Waals surface area contributed by atoms with Crippen LogP contribution in [0.3, 0.4) is 0 Å². The highest BCUT2D eigenvalue weighted by Crippen LogP contribution is 2.20. The lowest BCUT2D eigenvalue weighted by atomic mass is 10.1. The van der Waals surface area contributed by atoms with E-state index in [0.29, 0.717) is 22.9 Å². The van der Waals surface area contributed by atoms with E-state index in [1.54, 1.807) is 6.20 Å². The molecular weight excluding hydrogens is 270 g/mol. The first-order chi connectivity index (χ1) is 8.43. The first-order valence-electron chi connectivity index (χ1n) is 5.81. The highest BCUT2D eigenvalue weighted by atomic mass is 35.5. The number of pyridine rings is 1. The first-order valence-corrected chi connectivity index (χ1v) is 6.59. The summed E-state index contributed by atoms with van der Waals surface area (Å²) in [5.41, 5.74) is 1.36. The molecule has 2 rings (SSSR count). The standard InChI is InChI=1S/C12H16ClN3OS/c1-4-17-12(2,3)7-16-10-9(15-11(16)18)5-8(13)6-14-10/h5-6H,4,7H2,1-3H3,(H,15,18). The number of ether oxygens (including phenoxy) is 1. The second-order valence-electron chi connectivity index (χ2n) is 4.73. The summed E-state index contributed by atoms with van der Waals surface area (Å²) in [7, 11) is 0. The van der Waals surface area contributed by atoms with Gasteiger partial charge in [-0.25, -0.2) is 4.98 Å². The largest absolute Gasteiger partial charge is 0.374 e. The highest BCUT2D eigenvalue weighted by Gasteiger charge is 2.20. The average molecular weight is 286 g/mol. The van der Waals surface area contributed by atoms with Gasteiger partial charge in [0, 0.05) is 12.8 Å². The number of aromatic amines is 1. The van der Waals surface area contributed by atoms with Gasteiger partial charge in [0.1, 0.15) is 0 Å². The topological polar surface area (TPSA) is 42.8 Å². The predicted molar refractivity (Wildman–Crippen MR) is 75.6 cm³/mol. The maximum Gasteiger partial charge on any atom is 0.179 e. The van der Waals surface area contributed by atoms with Crippen molar-refractivity contribution < 1.29 is 4.74 Å². The lowest BCUT2D eigenvalue weighted by Crippen LogP contribution is -2.30. The fourth-order valence-electron chi connectivity index (χ4n) is 1.98. The fraction of sp³-hybridized carbons (Fsp3) is 0.500. The van der Waals surface area contributed by atoms with Gasteiger partial charge in [0.2, 0.25) is 0 Å². The molecule has 0 radical (unpaired) electrons. The number of hydrogen-bond acceptors (Lipinski definition) is 3. The lowest BCUT2D eigenvalue weighted by Gasteiger charge is -2.25. The number of halogens is 1. The van der Waals surface area contributed by atoms with Gasteiger partial charge < -0.3 is 9.72 Å². The van der Waals surface area contributed by atoms with E-state index in [1.165, 1.54) is 0 Å². The van der Waals surface area contributed by atoms with Crippen molar-refractivity contribution in [2.45, 2.75) is 32.9 Å². The van der Waals surface area contributed by atoms with Crippen molar-refractivity contribution in [2.24, 2.45) is 0 Å². The Morgan fingerprint density at radius 2 is 2.28 bits per heavy atom. The van der Waals surface area contributed by atoms with Crippen molar-refractivity contribution in [3.8, 4) is 0 Å². The molecule has 2 aromatic heterocycles. The second kappa shape index (κ2) is 4.99. The quantitative estimate of drug-likeness (QED) is 0.874. The van der Waals surface area contributed by atoms with Crippen LogP contribution in [0.4, 0.5) is 0 Å². The molecule has 0 aliphatic heterocycles. The van der Waals surface area contributed by atoms with Crippen LogP contribution in [0.1, 0.15) is 20.8 Å². The molecule has 98 valence electrons. The van der Waals surface area contributed by atoms with E-state index in [2.05, 4.69) is 9.97 Å². The molecule has 2 aromatic rings. The minimum Gasteiger partial charge on any atom is -0.374 e. The molecule has 0 saturated heterocycles. The van der Waals surface area contributed by atoms with Crippen LogP contribution in [-0.4, -0.2) is 26.7 Å². The van der Waals surface area contributed by atoms with Crippen LogP contribution < -0.4 is 0 Å². The maximum absolute atomic E-state index is 5.91. The Morgan fingerprint density at radius 1 is 1.56 bits per heavy atom. The summed E-state index contributed by atoms with van der Waals surface area (Å²) in [6.45, 7) is 7.37. The normalized spacial score (nSPS) is 12.2. The lowest BCUT2D eigenvalue weighted by molar-refractivity contribution is -0.0219. The van der Waals surface area contributed by atoms with E-state index in [4.69, 9.17) is 28.6 Å². The van der Waals surface area contributed by atoms with Gasteiger partial charge >= 0.3 is 0 Å². The van der Waals surface area contributed by atoms with Crippen molar-refractivity contribution in [1.29, 1.82) is 0 Å². The summed E-state index contributed by atoms with van der Waals surface area (Å²) >= 11 is 11.2.